The normalized spacial score (nSPS) is 30.4. The standard InChI is InChI=1S/C31H31N3O8/c1-34(2)24-19-12-15-11-18-17(13-5-7-16(8-6-13)33-30(41)14-3-4-14)9-10-20(35)22(18)25(36)21(15)27(38)31(19,42)28(39)23(26(24)37)29(32)40/h5-10,14-15,19,21,23-24,35,42H,3-4,11-12H2,1-2H3,(H2,32,40)(H,33,41)/t15-,19-,21?,23?,24+,31-/m0/s1. The molecule has 0 radical (unpaired) electrons. The molecule has 11 nitrogen and oxygen atoms in total. The first-order valence-corrected chi connectivity index (χ1v) is 14.0. The smallest absolute Gasteiger partial charge is 0.235 e. The molecule has 0 bridgehead atoms. The predicted molar refractivity (Wildman–Crippen MR) is 148 cm³/mol. The minimum atomic E-state index is -2.76. The van der Waals surface area contributed by atoms with E-state index in [0.717, 1.165) is 18.4 Å². The average Bonchev–Trinajstić information content (AvgIpc) is 3.77. The van der Waals surface area contributed by atoms with Gasteiger partial charge in [-0.15, -0.1) is 0 Å². The highest BCUT2D eigenvalue weighted by Crippen LogP contribution is 2.51. The molecule has 2 aromatic carbocycles. The van der Waals surface area contributed by atoms with E-state index in [-0.39, 0.29) is 36.0 Å². The minimum absolute atomic E-state index is 0.0227. The van der Waals surface area contributed by atoms with Gasteiger partial charge in [-0.2, -0.15) is 0 Å². The molecule has 4 aliphatic rings. The Morgan fingerprint density at radius 1 is 1.00 bits per heavy atom. The van der Waals surface area contributed by atoms with Crippen molar-refractivity contribution in [3.8, 4) is 16.9 Å². The van der Waals surface area contributed by atoms with E-state index in [1.54, 1.807) is 44.4 Å². The lowest BCUT2D eigenvalue weighted by Crippen LogP contribution is -2.74. The molecule has 2 amide bonds. The van der Waals surface area contributed by atoms with Gasteiger partial charge in [0.15, 0.2) is 34.7 Å². The van der Waals surface area contributed by atoms with Crippen molar-refractivity contribution in [3.05, 3.63) is 47.5 Å². The Morgan fingerprint density at radius 2 is 1.67 bits per heavy atom. The summed E-state index contributed by atoms with van der Waals surface area (Å²) < 4.78 is 0. The first-order chi connectivity index (χ1) is 19.9. The molecular weight excluding hydrogens is 542 g/mol. The third-order valence-corrected chi connectivity index (χ3v) is 9.36. The van der Waals surface area contributed by atoms with Crippen LogP contribution < -0.4 is 11.1 Å². The van der Waals surface area contributed by atoms with E-state index in [0.29, 0.717) is 16.8 Å². The largest absolute Gasteiger partial charge is 0.507 e. The maximum absolute atomic E-state index is 13.9. The lowest BCUT2D eigenvalue weighted by molar-refractivity contribution is -0.181. The van der Waals surface area contributed by atoms with Crippen molar-refractivity contribution >= 4 is 40.6 Å². The lowest BCUT2D eigenvalue weighted by Gasteiger charge is -2.52. The summed E-state index contributed by atoms with van der Waals surface area (Å²) in [6.45, 7) is 0. The molecule has 42 heavy (non-hydrogen) atoms. The molecule has 0 aromatic heterocycles. The van der Waals surface area contributed by atoms with E-state index in [1.165, 1.54) is 11.0 Å². The molecule has 218 valence electrons. The number of hydrogen-bond acceptors (Lipinski definition) is 9. The molecule has 2 unspecified atom stereocenters. The highest BCUT2D eigenvalue weighted by atomic mass is 16.3. The van der Waals surface area contributed by atoms with Crippen LogP contribution in [0.1, 0.15) is 35.2 Å². The molecule has 0 heterocycles. The topological polar surface area (TPSA) is 184 Å². The van der Waals surface area contributed by atoms with Gasteiger partial charge in [-0.3, -0.25) is 33.7 Å². The Morgan fingerprint density at radius 3 is 2.26 bits per heavy atom. The van der Waals surface area contributed by atoms with Crippen LogP contribution >= 0.6 is 0 Å². The van der Waals surface area contributed by atoms with Crippen molar-refractivity contribution in [2.45, 2.75) is 37.3 Å². The number of primary amides is 1. The Labute approximate surface area is 241 Å². The number of phenolic OH excluding ortho intramolecular Hbond substituents is 1. The van der Waals surface area contributed by atoms with E-state index in [4.69, 9.17) is 5.73 Å². The number of fused-ring (bicyclic) bond motifs is 3. The first kappa shape index (κ1) is 27.9. The van der Waals surface area contributed by atoms with Gasteiger partial charge >= 0.3 is 0 Å². The van der Waals surface area contributed by atoms with Gasteiger partial charge in [0.2, 0.25) is 11.8 Å². The van der Waals surface area contributed by atoms with E-state index < -0.39 is 64.4 Å². The van der Waals surface area contributed by atoms with E-state index in [1.807, 2.05) is 0 Å². The van der Waals surface area contributed by atoms with Crippen LogP contribution in [0.25, 0.3) is 11.1 Å². The van der Waals surface area contributed by atoms with Gasteiger partial charge in [0.1, 0.15) is 5.75 Å². The summed E-state index contributed by atoms with van der Waals surface area (Å²) in [5, 5.41) is 25.3. The SMILES string of the molecule is CN(C)[C@H]1C(=O)C(C(N)=O)C(=O)[C@@]2(O)C(=O)C3C(=O)c4c(O)ccc(-c5ccc(NC(=O)C6CC6)cc5)c4C[C@H]3C[C@@H]12. The van der Waals surface area contributed by atoms with Gasteiger partial charge in [0.05, 0.1) is 17.5 Å². The van der Waals surface area contributed by atoms with E-state index >= 15 is 0 Å². The minimum Gasteiger partial charge on any atom is -0.507 e. The highest BCUT2D eigenvalue weighted by molar-refractivity contribution is 6.32. The quantitative estimate of drug-likeness (QED) is 0.377. The van der Waals surface area contributed by atoms with Crippen molar-refractivity contribution in [2.24, 2.45) is 35.3 Å². The first-order valence-electron chi connectivity index (χ1n) is 14.0. The fraction of sp³-hybridized carbons (Fsp3) is 0.419. The molecule has 0 aliphatic heterocycles. The summed E-state index contributed by atoms with van der Waals surface area (Å²) in [7, 11) is 3.09. The number of phenols is 1. The van der Waals surface area contributed by atoms with Gasteiger partial charge in [-0.1, -0.05) is 18.2 Å². The molecule has 5 N–H and O–H groups in total. The van der Waals surface area contributed by atoms with Crippen molar-refractivity contribution in [3.63, 3.8) is 0 Å². The summed E-state index contributed by atoms with van der Waals surface area (Å²) in [6.07, 6.45) is 1.90. The number of ketones is 4. The van der Waals surface area contributed by atoms with Crippen molar-refractivity contribution in [1.29, 1.82) is 0 Å². The van der Waals surface area contributed by atoms with Crippen molar-refractivity contribution in [2.75, 3.05) is 19.4 Å². The number of aliphatic hydroxyl groups is 1. The number of nitrogens with two attached hydrogens (primary N) is 1. The summed E-state index contributed by atoms with van der Waals surface area (Å²) >= 11 is 0. The number of nitrogens with zero attached hydrogens (tertiary/aromatic N) is 1. The van der Waals surface area contributed by atoms with Crippen molar-refractivity contribution in [1.82, 2.24) is 4.90 Å². The average molecular weight is 574 g/mol. The van der Waals surface area contributed by atoms with Crippen LogP contribution in [0.2, 0.25) is 0 Å². The summed E-state index contributed by atoms with van der Waals surface area (Å²) in [4.78, 5) is 80.2. The number of carbonyl (C=O) groups is 6. The molecule has 11 heteroatoms. The molecule has 2 aromatic rings. The zero-order chi connectivity index (χ0) is 30.2. The molecular formula is C31H31N3O8. The summed E-state index contributed by atoms with van der Waals surface area (Å²) in [5.74, 6) is -10.8. The van der Waals surface area contributed by atoms with Crippen LogP contribution in [-0.2, 0) is 30.4 Å². The second-order valence-electron chi connectivity index (χ2n) is 12.1. The third-order valence-electron chi connectivity index (χ3n) is 9.36. The van der Waals surface area contributed by atoms with Gasteiger partial charge < -0.3 is 21.3 Å². The van der Waals surface area contributed by atoms with Gasteiger partial charge in [0.25, 0.3) is 0 Å². The monoisotopic (exact) mass is 573 g/mol. The van der Waals surface area contributed by atoms with Crippen LogP contribution in [-0.4, -0.2) is 75.8 Å². The fourth-order valence-electron chi connectivity index (χ4n) is 7.20. The number of carbonyl (C=O) groups excluding carboxylic acids is 6. The number of hydrogen-bond donors (Lipinski definition) is 4. The van der Waals surface area contributed by atoms with Crippen LogP contribution in [0.4, 0.5) is 5.69 Å². The van der Waals surface area contributed by atoms with Crippen LogP contribution in [0.5, 0.6) is 5.75 Å². The van der Waals surface area contributed by atoms with Crippen LogP contribution in [0.15, 0.2) is 36.4 Å². The molecule has 4 aliphatic carbocycles. The fourth-order valence-corrected chi connectivity index (χ4v) is 7.20. The van der Waals surface area contributed by atoms with Gasteiger partial charge in [0, 0.05) is 17.5 Å². The van der Waals surface area contributed by atoms with Gasteiger partial charge in [-0.25, -0.2) is 0 Å². The Bertz CT molecular complexity index is 1580. The molecule has 0 spiro atoms. The Kier molecular flexibility index (Phi) is 6.43. The number of amides is 2. The number of benzene rings is 2. The number of aromatic hydroxyl groups is 1. The zero-order valence-electron chi connectivity index (χ0n) is 23.1. The number of anilines is 1. The second kappa shape index (κ2) is 9.67. The summed E-state index contributed by atoms with van der Waals surface area (Å²) in [5.41, 5.74) is 5.05. The molecule has 6 rings (SSSR count). The van der Waals surface area contributed by atoms with Crippen molar-refractivity contribution < 1.29 is 39.0 Å². The molecule has 3 saturated carbocycles. The highest BCUT2D eigenvalue weighted by Gasteiger charge is 2.69. The Hall–Kier alpha value is -4.22. The zero-order valence-corrected chi connectivity index (χ0v) is 23.1. The predicted octanol–water partition coefficient (Wildman–Crippen LogP) is 0.883. The summed E-state index contributed by atoms with van der Waals surface area (Å²) in [6, 6.07) is 8.96. The Balaban J connectivity index is 1.39. The van der Waals surface area contributed by atoms with E-state index in [2.05, 4.69) is 5.32 Å². The van der Waals surface area contributed by atoms with E-state index in [9.17, 15) is 39.0 Å². The number of likely N-dealkylation sites (N-methyl/N-ethyl adjacent to an activating group) is 1. The molecule has 6 atom stereocenters. The maximum Gasteiger partial charge on any atom is 0.235 e. The number of rotatable bonds is 5. The maximum atomic E-state index is 13.9. The molecule has 3 fully saturated rings. The lowest BCUT2D eigenvalue weighted by atomic mass is 9.52. The van der Waals surface area contributed by atoms with Crippen LogP contribution in [0.3, 0.4) is 0 Å². The number of Topliss-reactive ketones (excluding diaryl/α,β-unsaturated/α-hetero) is 4. The number of nitrogens with one attached hydrogen (secondary N) is 1. The third kappa shape index (κ3) is 4.02. The van der Waals surface area contributed by atoms with Gasteiger partial charge in [-0.05, 0) is 80.6 Å². The van der Waals surface area contributed by atoms with Crippen LogP contribution in [0, 0.1) is 29.6 Å². The second-order valence-corrected chi connectivity index (χ2v) is 12.1. The molecule has 0 saturated heterocycles.